The van der Waals surface area contributed by atoms with Crippen LogP contribution in [-0.2, 0) is 19.9 Å². The van der Waals surface area contributed by atoms with E-state index in [1.54, 1.807) is 0 Å². The van der Waals surface area contributed by atoms with Gasteiger partial charge >= 0.3 is 12.1 Å². The van der Waals surface area contributed by atoms with Crippen LogP contribution in [0.15, 0.2) is 58.3 Å². The van der Waals surface area contributed by atoms with Crippen LogP contribution < -0.4 is 9.46 Å². The van der Waals surface area contributed by atoms with Crippen molar-refractivity contribution in [2.24, 2.45) is 0 Å². The summed E-state index contributed by atoms with van der Waals surface area (Å²) in [5.74, 6) is -4.25. The van der Waals surface area contributed by atoms with Crippen molar-refractivity contribution >= 4 is 25.5 Å². The highest BCUT2D eigenvalue weighted by atomic mass is 32.2. The number of sulfonamides is 1. The zero-order chi connectivity index (χ0) is 20.5. The Hall–Kier alpha value is -2.41. The second-order valence-electron chi connectivity index (χ2n) is 4.95. The average Bonchev–Trinajstić information content (AvgIpc) is 2.54. The van der Waals surface area contributed by atoms with Gasteiger partial charge < -0.3 is 4.74 Å². The summed E-state index contributed by atoms with van der Waals surface area (Å²) in [5, 5.41) is 0. The Kier molecular flexibility index (Phi) is 5.65. The van der Waals surface area contributed by atoms with Crippen LogP contribution in [0.5, 0.6) is 5.75 Å². The third-order valence-corrected chi connectivity index (χ3v) is 5.83. The van der Waals surface area contributed by atoms with Crippen molar-refractivity contribution < 1.29 is 43.5 Å². The molecule has 2 aromatic rings. The molecule has 148 valence electrons. The number of halogens is 5. The lowest BCUT2D eigenvalue weighted by Gasteiger charge is -2.11. The smallest absolute Gasteiger partial charge is 0.406 e. The van der Waals surface area contributed by atoms with Crippen LogP contribution in [0.2, 0.25) is 0 Å². The Bertz CT molecular complexity index is 1000. The summed E-state index contributed by atoms with van der Waals surface area (Å²) >= 11 is 0. The summed E-state index contributed by atoms with van der Waals surface area (Å²) in [6, 6.07) is 6.79. The van der Waals surface area contributed by atoms with Crippen LogP contribution >= 0.6 is 0 Å². The molecule has 0 aromatic heterocycles. The molecule has 0 spiro atoms. The second-order valence-corrected chi connectivity index (χ2v) is 8.55. The van der Waals surface area contributed by atoms with Gasteiger partial charge in [-0.25, -0.2) is 16.8 Å². The number of hydrogen-bond acceptors (Lipinski definition) is 5. The predicted molar refractivity (Wildman–Crippen MR) is 83.6 cm³/mol. The van der Waals surface area contributed by atoms with E-state index in [1.807, 2.05) is 4.72 Å². The van der Waals surface area contributed by atoms with Gasteiger partial charge in [-0.2, -0.15) is 8.78 Å². The lowest BCUT2D eigenvalue weighted by molar-refractivity contribution is -0.274. The molecule has 0 saturated carbocycles. The van der Waals surface area contributed by atoms with Crippen LogP contribution in [0.3, 0.4) is 0 Å². The van der Waals surface area contributed by atoms with E-state index in [1.165, 1.54) is 0 Å². The summed E-state index contributed by atoms with van der Waals surface area (Å²) in [6.45, 7) is 0. The number of sulfone groups is 1. The Balaban J connectivity index is 2.19. The van der Waals surface area contributed by atoms with Crippen molar-refractivity contribution in [3.8, 4) is 5.75 Å². The fraction of sp³-hybridized carbons (Fsp3) is 0.143. The van der Waals surface area contributed by atoms with E-state index >= 15 is 0 Å². The molecule has 0 aliphatic heterocycles. The first kappa shape index (κ1) is 20.9. The number of ether oxygens (including phenoxy) is 1. The molecular formula is C14H10F5NO5S2. The fourth-order valence-electron chi connectivity index (χ4n) is 1.85. The molecule has 0 heterocycles. The molecule has 0 atom stereocenters. The Labute approximate surface area is 150 Å². The highest BCUT2D eigenvalue weighted by Gasteiger charge is 2.31. The standard InChI is InChI=1S/C14H10F5NO5S2/c15-13(16)26(21,22)11-5-1-9(2-6-11)20-27(23,24)12-7-3-10(4-8-12)25-14(17,18)19/h1-8,13,20H. The fourth-order valence-corrected chi connectivity index (χ4v) is 3.63. The Morgan fingerprint density at radius 1 is 0.815 bits per heavy atom. The molecule has 2 aromatic carbocycles. The number of rotatable bonds is 6. The molecule has 27 heavy (non-hydrogen) atoms. The van der Waals surface area contributed by atoms with E-state index in [4.69, 9.17) is 0 Å². The second kappa shape index (κ2) is 7.31. The van der Waals surface area contributed by atoms with E-state index in [0.29, 0.717) is 0 Å². The molecule has 2 rings (SSSR count). The highest BCUT2D eigenvalue weighted by molar-refractivity contribution is 7.92. The van der Waals surface area contributed by atoms with Crippen LogP contribution in [0, 0.1) is 0 Å². The van der Waals surface area contributed by atoms with Crippen molar-refractivity contribution in [3.05, 3.63) is 48.5 Å². The highest BCUT2D eigenvalue weighted by Crippen LogP contribution is 2.25. The zero-order valence-corrected chi connectivity index (χ0v) is 14.6. The minimum absolute atomic E-state index is 0.140. The molecule has 0 aliphatic carbocycles. The lowest BCUT2D eigenvalue weighted by atomic mass is 10.3. The first-order chi connectivity index (χ1) is 12.3. The largest absolute Gasteiger partial charge is 0.573 e. The van der Waals surface area contributed by atoms with Crippen molar-refractivity contribution in [1.82, 2.24) is 0 Å². The average molecular weight is 431 g/mol. The van der Waals surface area contributed by atoms with E-state index < -0.39 is 47.5 Å². The summed E-state index contributed by atoms with van der Waals surface area (Å²) in [7, 11) is -9.05. The van der Waals surface area contributed by atoms with Gasteiger partial charge in [-0.1, -0.05) is 0 Å². The van der Waals surface area contributed by atoms with Gasteiger partial charge in [0.05, 0.1) is 9.79 Å². The molecule has 1 N–H and O–H groups in total. The van der Waals surface area contributed by atoms with Gasteiger partial charge in [0.1, 0.15) is 5.75 Å². The molecule has 0 saturated heterocycles. The quantitative estimate of drug-likeness (QED) is 0.709. The third-order valence-electron chi connectivity index (χ3n) is 3.04. The summed E-state index contributed by atoms with van der Waals surface area (Å²) in [4.78, 5) is -1.10. The molecule has 6 nitrogen and oxygen atoms in total. The lowest BCUT2D eigenvalue weighted by Crippen LogP contribution is -2.17. The van der Waals surface area contributed by atoms with Crippen molar-refractivity contribution in [2.75, 3.05) is 4.72 Å². The molecule has 0 fully saturated rings. The molecule has 13 heteroatoms. The van der Waals surface area contributed by atoms with Crippen LogP contribution in [0.4, 0.5) is 27.6 Å². The zero-order valence-electron chi connectivity index (χ0n) is 12.9. The maximum Gasteiger partial charge on any atom is 0.573 e. The minimum Gasteiger partial charge on any atom is -0.406 e. The third kappa shape index (κ3) is 5.29. The van der Waals surface area contributed by atoms with Crippen LogP contribution in [-0.4, -0.2) is 29.0 Å². The van der Waals surface area contributed by atoms with Gasteiger partial charge in [-0.15, -0.1) is 13.2 Å². The van der Waals surface area contributed by atoms with Gasteiger partial charge in [0, 0.05) is 5.69 Å². The van der Waals surface area contributed by atoms with E-state index in [2.05, 4.69) is 4.74 Å². The van der Waals surface area contributed by atoms with Crippen LogP contribution in [0.25, 0.3) is 0 Å². The number of benzene rings is 2. The molecule has 0 amide bonds. The Morgan fingerprint density at radius 2 is 1.30 bits per heavy atom. The molecule has 0 aliphatic rings. The monoisotopic (exact) mass is 431 g/mol. The van der Waals surface area contributed by atoms with Crippen molar-refractivity contribution in [2.45, 2.75) is 21.9 Å². The molecular weight excluding hydrogens is 421 g/mol. The summed E-state index contributed by atoms with van der Waals surface area (Å²) in [6.07, 6.45) is -4.93. The van der Waals surface area contributed by atoms with Gasteiger partial charge in [-0.05, 0) is 48.5 Å². The summed E-state index contributed by atoms with van der Waals surface area (Å²) < 4.78 is 114. The SMILES string of the molecule is O=S(=O)(Nc1ccc(S(=O)(=O)C(F)F)cc1)c1ccc(OC(F)(F)F)cc1. The Morgan fingerprint density at radius 3 is 1.74 bits per heavy atom. The number of anilines is 1. The molecule has 0 unspecified atom stereocenters. The number of hydrogen-bond donors (Lipinski definition) is 1. The normalized spacial score (nSPS) is 12.8. The number of nitrogens with one attached hydrogen (secondary N) is 1. The van der Waals surface area contributed by atoms with Crippen LogP contribution in [0.1, 0.15) is 0 Å². The first-order valence-electron chi connectivity index (χ1n) is 6.82. The maximum absolute atomic E-state index is 12.4. The number of alkyl halides is 5. The van der Waals surface area contributed by atoms with Gasteiger partial charge in [0.15, 0.2) is 0 Å². The van der Waals surface area contributed by atoms with Crippen molar-refractivity contribution in [1.29, 1.82) is 0 Å². The van der Waals surface area contributed by atoms with Gasteiger partial charge in [0.25, 0.3) is 10.0 Å². The van der Waals surface area contributed by atoms with Crippen molar-refractivity contribution in [3.63, 3.8) is 0 Å². The van der Waals surface area contributed by atoms with E-state index in [-0.39, 0.29) is 5.69 Å². The van der Waals surface area contributed by atoms with E-state index in [9.17, 15) is 38.8 Å². The minimum atomic E-state index is -4.93. The predicted octanol–water partition coefficient (Wildman–Crippen LogP) is 3.38. The van der Waals surface area contributed by atoms with Gasteiger partial charge in [-0.3, -0.25) is 4.72 Å². The topological polar surface area (TPSA) is 89.5 Å². The molecule has 0 bridgehead atoms. The summed E-state index contributed by atoms with van der Waals surface area (Å²) in [5.41, 5.74) is -0.140. The first-order valence-corrected chi connectivity index (χ1v) is 9.85. The van der Waals surface area contributed by atoms with E-state index in [0.717, 1.165) is 48.5 Å². The van der Waals surface area contributed by atoms with Gasteiger partial charge in [0.2, 0.25) is 9.84 Å². The maximum atomic E-state index is 12.4. The molecule has 0 radical (unpaired) electrons.